The Hall–Kier alpha value is -2.00. The van der Waals surface area contributed by atoms with E-state index in [0.717, 1.165) is 28.9 Å². The number of rotatable bonds is 8. The van der Waals surface area contributed by atoms with E-state index < -0.39 is 39.9 Å². The third-order valence-corrected chi connectivity index (χ3v) is 5.13. The summed E-state index contributed by atoms with van der Waals surface area (Å²) in [5.74, 6) is -2.12. The monoisotopic (exact) mass is 374 g/mol. The van der Waals surface area contributed by atoms with Crippen molar-refractivity contribution in [1.82, 2.24) is 9.62 Å². The number of ether oxygens (including phenoxy) is 1. The lowest BCUT2D eigenvalue weighted by molar-refractivity contribution is -0.124. The Bertz CT molecular complexity index is 732. The van der Waals surface area contributed by atoms with Gasteiger partial charge in [0.2, 0.25) is 10.0 Å². The molecule has 0 bridgehead atoms. The second-order valence-corrected chi connectivity index (χ2v) is 8.19. The Balaban J connectivity index is 2.77. The number of benzene rings is 1. The number of carbonyl (C=O) groups is 2. The SMILES string of the molecule is CC(C)CCNC(=O)COC(=O)c1cc(S(=O)(=O)N(C)C)ccc1F. The van der Waals surface area contributed by atoms with Crippen LogP contribution in [0.4, 0.5) is 4.39 Å². The van der Waals surface area contributed by atoms with Gasteiger partial charge in [0.1, 0.15) is 5.82 Å². The molecule has 25 heavy (non-hydrogen) atoms. The Morgan fingerprint density at radius 3 is 2.48 bits per heavy atom. The number of amides is 1. The van der Waals surface area contributed by atoms with E-state index in [1.165, 1.54) is 14.1 Å². The van der Waals surface area contributed by atoms with Gasteiger partial charge < -0.3 is 10.1 Å². The van der Waals surface area contributed by atoms with E-state index >= 15 is 0 Å². The number of esters is 1. The Morgan fingerprint density at radius 1 is 1.28 bits per heavy atom. The largest absolute Gasteiger partial charge is 0.452 e. The maximum absolute atomic E-state index is 13.8. The first-order valence-electron chi connectivity index (χ1n) is 7.71. The molecule has 0 aliphatic heterocycles. The quantitative estimate of drug-likeness (QED) is 0.694. The number of hydrogen-bond donors (Lipinski definition) is 1. The van der Waals surface area contributed by atoms with Gasteiger partial charge in [-0.3, -0.25) is 4.79 Å². The van der Waals surface area contributed by atoms with Crippen LogP contribution in [0.3, 0.4) is 0 Å². The molecular weight excluding hydrogens is 351 g/mol. The maximum Gasteiger partial charge on any atom is 0.341 e. The molecule has 1 amide bonds. The van der Waals surface area contributed by atoms with Crippen LogP contribution in [0.15, 0.2) is 23.1 Å². The minimum Gasteiger partial charge on any atom is -0.452 e. The Labute approximate surface area is 147 Å². The highest BCUT2D eigenvalue weighted by atomic mass is 32.2. The minimum atomic E-state index is -3.82. The van der Waals surface area contributed by atoms with Crippen LogP contribution < -0.4 is 5.32 Å². The second kappa shape index (κ2) is 8.91. The number of nitrogens with one attached hydrogen (secondary N) is 1. The normalized spacial score (nSPS) is 11.6. The van der Waals surface area contributed by atoms with Gasteiger partial charge in [-0.25, -0.2) is 21.9 Å². The topological polar surface area (TPSA) is 92.8 Å². The fourth-order valence-corrected chi connectivity index (χ4v) is 2.72. The maximum atomic E-state index is 13.8. The molecule has 0 heterocycles. The molecule has 0 radical (unpaired) electrons. The lowest BCUT2D eigenvalue weighted by Crippen LogP contribution is -2.30. The van der Waals surface area contributed by atoms with Crippen molar-refractivity contribution in [2.45, 2.75) is 25.2 Å². The van der Waals surface area contributed by atoms with Gasteiger partial charge in [0.15, 0.2) is 6.61 Å². The highest BCUT2D eigenvalue weighted by Crippen LogP contribution is 2.18. The van der Waals surface area contributed by atoms with E-state index in [0.29, 0.717) is 12.5 Å². The molecule has 1 rings (SSSR count). The van der Waals surface area contributed by atoms with Crippen molar-refractivity contribution in [2.75, 3.05) is 27.2 Å². The van der Waals surface area contributed by atoms with Crippen molar-refractivity contribution in [2.24, 2.45) is 5.92 Å². The lowest BCUT2D eigenvalue weighted by atomic mass is 10.1. The van der Waals surface area contributed by atoms with Gasteiger partial charge in [0, 0.05) is 20.6 Å². The number of sulfonamides is 1. The third-order valence-electron chi connectivity index (χ3n) is 3.31. The summed E-state index contributed by atoms with van der Waals surface area (Å²) < 4.78 is 43.6. The first-order valence-corrected chi connectivity index (χ1v) is 9.15. The van der Waals surface area contributed by atoms with Crippen LogP contribution in [0.2, 0.25) is 0 Å². The number of hydrogen-bond acceptors (Lipinski definition) is 5. The smallest absolute Gasteiger partial charge is 0.341 e. The van der Waals surface area contributed by atoms with Crippen molar-refractivity contribution in [3.63, 3.8) is 0 Å². The van der Waals surface area contributed by atoms with Crippen LogP contribution in [0.1, 0.15) is 30.6 Å². The average molecular weight is 374 g/mol. The predicted octanol–water partition coefficient (Wildman–Crippen LogP) is 1.40. The molecule has 0 atom stereocenters. The molecule has 0 saturated carbocycles. The van der Waals surface area contributed by atoms with Crippen molar-refractivity contribution in [3.8, 4) is 0 Å². The van der Waals surface area contributed by atoms with Crippen molar-refractivity contribution >= 4 is 21.9 Å². The van der Waals surface area contributed by atoms with Crippen LogP contribution in [0, 0.1) is 11.7 Å². The van der Waals surface area contributed by atoms with Crippen molar-refractivity contribution in [1.29, 1.82) is 0 Å². The third kappa shape index (κ3) is 6.09. The average Bonchev–Trinajstić information content (AvgIpc) is 2.52. The molecule has 0 aliphatic carbocycles. The minimum absolute atomic E-state index is 0.243. The highest BCUT2D eigenvalue weighted by molar-refractivity contribution is 7.89. The molecule has 0 aliphatic rings. The van der Waals surface area contributed by atoms with Crippen LogP contribution >= 0.6 is 0 Å². The zero-order valence-corrected chi connectivity index (χ0v) is 15.5. The standard InChI is InChI=1S/C16H23FN2O5S/c1-11(2)7-8-18-15(20)10-24-16(21)13-9-12(5-6-14(13)17)25(22,23)19(3)4/h5-6,9,11H,7-8,10H2,1-4H3,(H,18,20). The summed E-state index contributed by atoms with van der Waals surface area (Å²) in [7, 11) is -1.19. The molecule has 140 valence electrons. The summed E-state index contributed by atoms with van der Waals surface area (Å²) in [6.45, 7) is 3.88. The number of carbonyl (C=O) groups excluding carboxylic acids is 2. The second-order valence-electron chi connectivity index (χ2n) is 6.04. The van der Waals surface area contributed by atoms with Crippen molar-refractivity contribution in [3.05, 3.63) is 29.6 Å². The van der Waals surface area contributed by atoms with Crippen LogP contribution in [0.25, 0.3) is 0 Å². The molecule has 1 N–H and O–H groups in total. The van der Waals surface area contributed by atoms with E-state index in [1.807, 2.05) is 13.8 Å². The molecule has 9 heteroatoms. The summed E-state index contributed by atoms with van der Waals surface area (Å²) in [5, 5.41) is 2.57. The lowest BCUT2D eigenvalue weighted by Gasteiger charge is -2.12. The summed E-state index contributed by atoms with van der Waals surface area (Å²) >= 11 is 0. The van der Waals surface area contributed by atoms with Crippen LogP contribution in [0.5, 0.6) is 0 Å². The molecule has 0 unspecified atom stereocenters. The van der Waals surface area contributed by atoms with E-state index in [-0.39, 0.29) is 4.90 Å². The molecule has 1 aromatic carbocycles. The van der Waals surface area contributed by atoms with Crippen LogP contribution in [-0.2, 0) is 19.6 Å². The van der Waals surface area contributed by atoms with E-state index in [9.17, 15) is 22.4 Å². The fourth-order valence-electron chi connectivity index (χ4n) is 1.79. The van der Waals surface area contributed by atoms with Crippen LogP contribution in [-0.4, -0.2) is 51.8 Å². The van der Waals surface area contributed by atoms with Crippen molar-refractivity contribution < 1.29 is 27.1 Å². The highest BCUT2D eigenvalue weighted by Gasteiger charge is 2.22. The first-order chi connectivity index (χ1) is 11.6. The number of nitrogens with zero attached hydrogens (tertiary/aromatic N) is 1. The van der Waals surface area contributed by atoms with Gasteiger partial charge in [-0.1, -0.05) is 13.8 Å². The zero-order valence-electron chi connectivity index (χ0n) is 14.7. The molecule has 7 nitrogen and oxygen atoms in total. The van der Waals surface area contributed by atoms with Gasteiger partial charge >= 0.3 is 5.97 Å². The molecule has 0 spiro atoms. The predicted molar refractivity (Wildman–Crippen MR) is 90.0 cm³/mol. The molecule has 1 aromatic rings. The fraction of sp³-hybridized carbons (Fsp3) is 0.500. The van der Waals surface area contributed by atoms with Gasteiger partial charge in [-0.05, 0) is 30.5 Å². The molecule has 0 fully saturated rings. The van der Waals surface area contributed by atoms with Gasteiger partial charge in [-0.2, -0.15) is 0 Å². The van der Waals surface area contributed by atoms with Gasteiger partial charge in [0.05, 0.1) is 10.5 Å². The van der Waals surface area contributed by atoms with Gasteiger partial charge in [-0.15, -0.1) is 0 Å². The zero-order chi connectivity index (χ0) is 19.2. The van der Waals surface area contributed by atoms with E-state index in [1.54, 1.807) is 0 Å². The Kier molecular flexibility index (Phi) is 7.50. The summed E-state index contributed by atoms with van der Waals surface area (Å²) in [4.78, 5) is 23.3. The van der Waals surface area contributed by atoms with E-state index in [2.05, 4.69) is 5.32 Å². The number of halogens is 1. The summed E-state index contributed by atoms with van der Waals surface area (Å²) in [6.07, 6.45) is 0.777. The molecule has 0 aromatic heterocycles. The molecule has 0 saturated heterocycles. The first kappa shape index (κ1) is 21.0. The summed E-state index contributed by atoms with van der Waals surface area (Å²) in [6, 6.07) is 2.82. The van der Waals surface area contributed by atoms with Gasteiger partial charge in [0.25, 0.3) is 5.91 Å². The molecular formula is C16H23FN2O5S. The Morgan fingerprint density at radius 2 is 1.92 bits per heavy atom. The summed E-state index contributed by atoms with van der Waals surface area (Å²) in [5.41, 5.74) is -0.544. The van der Waals surface area contributed by atoms with E-state index in [4.69, 9.17) is 4.74 Å².